The summed E-state index contributed by atoms with van der Waals surface area (Å²) in [4.78, 5) is 12.3. The van der Waals surface area contributed by atoms with Crippen molar-refractivity contribution >= 4 is 33.1 Å². The first kappa shape index (κ1) is 13.7. The van der Waals surface area contributed by atoms with Gasteiger partial charge in [-0.25, -0.2) is 0 Å². The smallest absolute Gasteiger partial charge is 0.185 e. The van der Waals surface area contributed by atoms with Crippen LogP contribution in [0.15, 0.2) is 24.3 Å². The highest BCUT2D eigenvalue weighted by Crippen LogP contribution is 2.45. The second-order valence-electron chi connectivity index (χ2n) is 5.88. The van der Waals surface area contributed by atoms with Gasteiger partial charge in [0.2, 0.25) is 0 Å². The van der Waals surface area contributed by atoms with Gasteiger partial charge in [0, 0.05) is 5.02 Å². The molecular formula is C12H16B2ClNO2. The van der Waals surface area contributed by atoms with Crippen molar-refractivity contribution in [2.24, 2.45) is 5.73 Å². The fraction of sp³-hybridized carbons (Fsp3) is 0.417. The van der Waals surface area contributed by atoms with Crippen molar-refractivity contribution in [3.05, 3.63) is 34.9 Å². The minimum Gasteiger partial charge on any atom is -0.385 e. The first-order valence-electron chi connectivity index (χ1n) is 6.02. The van der Waals surface area contributed by atoms with E-state index in [1.807, 2.05) is 15.7 Å². The van der Waals surface area contributed by atoms with Gasteiger partial charge in [-0.2, -0.15) is 0 Å². The Kier molecular flexibility index (Phi) is 3.34. The molecule has 0 aliphatic heterocycles. The summed E-state index contributed by atoms with van der Waals surface area (Å²) in [6.45, 7) is 0. The molecule has 3 nitrogen and oxygen atoms in total. The van der Waals surface area contributed by atoms with Gasteiger partial charge in [-0.3, -0.25) is 4.79 Å². The number of Topliss-reactive ketones (excluding diaryl/α,β-unsaturated/α-hetero) is 1. The summed E-state index contributed by atoms with van der Waals surface area (Å²) in [5, 5.41) is 10.2. The minimum absolute atomic E-state index is 0.193. The molecule has 1 aliphatic carbocycles. The molecule has 2 rings (SSSR count). The Morgan fingerprint density at radius 1 is 1.39 bits per heavy atom. The maximum Gasteiger partial charge on any atom is 0.185 e. The quantitative estimate of drug-likeness (QED) is 0.678. The normalized spacial score (nSPS) is 31.3. The van der Waals surface area contributed by atoms with E-state index >= 15 is 0 Å². The van der Waals surface area contributed by atoms with Crippen molar-refractivity contribution in [1.29, 1.82) is 0 Å². The van der Waals surface area contributed by atoms with Crippen LogP contribution in [0.4, 0.5) is 0 Å². The molecule has 0 aromatic heterocycles. The van der Waals surface area contributed by atoms with E-state index in [0.717, 1.165) is 0 Å². The number of rotatable bonds is 1. The Labute approximate surface area is 114 Å². The minimum atomic E-state index is -1.19. The number of benzene rings is 1. The second-order valence-corrected chi connectivity index (χ2v) is 6.28. The number of ketones is 1. The fourth-order valence-corrected chi connectivity index (χ4v) is 3.18. The number of halogens is 1. The van der Waals surface area contributed by atoms with E-state index in [2.05, 4.69) is 0 Å². The number of aliphatic hydroxyl groups excluding tert-OH is 1. The highest BCUT2D eigenvalue weighted by atomic mass is 35.5. The molecule has 1 aliphatic rings. The van der Waals surface area contributed by atoms with E-state index in [4.69, 9.17) is 17.3 Å². The van der Waals surface area contributed by atoms with E-state index in [0.29, 0.717) is 23.4 Å². The lowest BCUT2D eigenvalue weighted by Gasteiger charge is -2.44. The number of hydrogen-bond donors (Lipinski definition) is 2. The summed E-state index contributed by atoms with van der Waals surface area (Å²) < 4.78 is 0. The Morgan fingerprint density at radius 2 is 2.00 bits per heavy atom. The molecule has 1 aromatic carbocycles. The van der Waals surface area contributed by atoms with Gasteiger partial charge in [0.25, 0.3) is 0 Å². The van der Waals surface area contributed by atoms with Crippen molar-refractivity contribution in [1.82, 2.24) is 0 Å². The number of hydrogen-bond acceptors (Lipinski definition) is 3. The summed E-state index contributed by atoms with van der Waals surface area (Å²) >= 11 is 6.14. The third kappa shape index (κ3) is 2.22. The molecule has 1 aromatic rings. The topological polar surface area (TPSA) is 63.3 Å². The summed E-state index contributed by atoms with van der Waals surface area (Å²) in [6, 6.07) is 7.07. The van der Waals surface area contributed by atoms with Crippen molar-refractivity contribution in [3.63, 3.8) is 0 Å². The zero-order chi connectivity index (χ0) is 13.6. The van der Waals surface area contributed by atoms with E-state index < -0.39 is 11.6 Å². The predicted molar refractivity (Wildman–Crippen MR) is 77.3 cm³/mol. The molecule has 1 saturated carbocycles. The van der Waals surface area contributed by atoms with Crippen molar-refractivity contribution in [2.45, 2.75) is 29.7 Å². The van der Waals surface area contributed by atoms with Gasteiger partial charge in [0.1, 0.15) is 11.6 Å². The highest BCUT2D eigenvalue weighted by Gasteiger charge is 2.49. The van der Waals surface area contributed by atoms with Gasteiger partial charge >= 0.3 is 0 Å². The second kappa shape index (κ2) is 4.41. The number of carbonyl (C=O) groups excluding carboxylic acids is 1. The molecule has 18 heavy (non-hydrogen) atoms. The largest absolute Gasteiger partial charge is 0.385 e. The number of nitrogens with two attached hydrogens (primary N) is 1. The third-order valence-electron chi connectivity index (χ3n) is 3.60. The summed E-state index contributed by atoms with van der Waals surface area (Å²) in [7, 11) is 4.00. The van der Waals surface area contributed by atoms with Crippen LogP contribution in [-0.4, -0.2) is 32.7 Å². The van der Waals surface area contributed by atoms with Gasteiger partial charge in [-0.15, -0.1) is 0 Å². The SMILES string of the molecule is BC1(B)CC(O)C(=O)C(N)(c2ccccc2Cl)C1. The lowest BCUT2D eigenvalue weighted by Crippen LogP contribution is -2.56. The third-order valence-corrected chi connectivity index (χ3v) is 3.93. The molecule has 0 heterocycles. The van der Waals surface area contributed by atoms with Gasteiger partial charge < -0.3 is 10.8 Å². The van der Waals surface area contributed by atoms with Crippen LogP contribution in [0, 0.1) is 0 Å². The lowest BCUT2D eigenvalue weighted by atomic mass is 9.44. The predicted octanol–water partition coefficient (Wildman–Crippen LogP) is -0.400. The zero-order valence-electron chi connectivity index (χ0n) is 10.6. The molecule has 0 amide bonds. The molecular weight excluding hydrogens is 247 g/mol. The molecule has 2 unspecified atom stereocenters. The van der Waals surface area contributed by atoms with Crippen LogP contribution >= 0.6 is 11.6 Å². The van der Waals surface area contributed by atoms with Crippen molar-refractivity contribution in [3.8, 4) is 0 Å². The Hall–Kier alpha value is -0.770. The van der Waals surface area contributed by atoms with E-state index in [1.165, 1.54) is 0 Å². The number of aliphatic hydroxyl groups is 1. The van der Waals surface area contributed by atoms with Crippen LogP contribution in [0.25, 0.3) is 0 Å². The van der Waals surface area contributed by atoms with Crippen molar-refractivity contribution in [2.75, 3.05) is 0 Å². The lowest BCUT2D eigenvalue weighted by molar-refractivity contribution is -0.136. The molecule has 1 fully saturated rings. The Morgan fingerprint density at radius 3 is 2.61 bits per heavy atom. The van der Waals surface area contributed by atoms with Crippen LogP contribution in [0.1, 0.15) is 18.4 Å². The van der Waals surface area contributed by atoms with Crippen LogP contribution in [0.2, 0.25) is 10.2 Å². The first-order chi connectivity index (χ1) is 8.26. The van der Waals surface area contributed by atoms with E-state index in [9.17, 15) is 9.90 Å². The van der Waals surface area contributed by atoms with Gasteiger partial charge in [-0.05, 0) is 24.5 Å². The Balaban J connectivity index is 2.52. The van der Waals surface area contributed by atoms with E-state index in [1.54, 1.807) is 24.3 Å². The van der Waals surface area contributed by atoms with E-state index in [-0.39, 0.29) is 11.0 Å². The van der Waals surface area contributed by atoms with Gasteiger partial charge in [-0.1, -0.05) is 35.0 Å². The van der Waals surface area contributed by atoms with Crippen molar-refractivity contribution < 1.29 is 9.90 Å². The zero-order valence-corrected chi connectivity index (χ0v) is 11.4. The summed E-state index contributed by atoms with van der Waals surface area (Å²) in [6.07, 6.45) is -0.0930. The molecule has 0 saturated heterocycles. The summed E-state index contributed by atoms with van der Waals surface area (Å²) in [5.41, 5.74) is 5.70. The van der Waals surface area contributed by atoms with Gasteiger partial charge in [0.15, 0.2) is 5.78 Å². The summed E-state index contributed by atoms with van der Waals surface area (Å²) in [5.74, 6) is -0.338. The molecule has 0 spiro atoms. The molecule has 3 N–H and O–H groups in total. The maximum atomic E-state index is 12.3. The first-order valence-corrected chi connectivity index (χ1v) is 6.40. The highest BCUT2D eigenvalue weighted by molar-refractivity contribution is 6.40. The van der Waals surface area contributed by atoms with Crippen LogP contribution in [0.3, 0.4) is 0 Å². The van der Waals surface area contributed by atoms with Gasteiger partial charge in [0.05, 0.1) is 15.7 Å². The van der Waals surface area contributed by atoms with Crippen LogP contribution < -0.4 is 5.73 Å². The molecule has 2 atom stereocenters. The molecule has 6 heteroatoms. The average molecular weight is 263 g/mol. The monoisotopic (exact) mass is 263 g/mol. The molecule has 94 valence electrons. The Bertz CT molecular complexity index is 495. The van der Waals surface area contributed by atoms with Crippen LogP contribution in [0.5, 0.6) is 0 Å². The van der Waals surface area contributed by atoms with Crippen LogP contribution in [-0.2, 0) is 10.3 Å². The average Bonchev–Trinajstić information content (AvgIpc) is 2.25. The molecule has 0 radical (unpaired) electrons. The number of carbonyl (C=O) groups is 1. The molecule has 0 bridgehead atoms. The fourth-order valence-electron chi connectivity index (χ4n) is 2.88. The standard InChI is InChI=1S/C12H16B2ClNO2/c13-11(14)5-9(17)10(18)12(16,6-11)7-3-1-2-4-8(7)15/h1-4,9,17H,5-6,13-14,16H2. The maximum absolute atomic E-state index is 12.3.